The Morgan fingerprint density at radius 3 is 2.83 bits per heavy atom. The van der Waals surface area contributed by atoms with E-state index in [1.165, 1.54) is 13.2 Å². The molecule has 0 aliphatic carbocycles. The first-order chi connectivity index (χ1) is 8.67. The molecule has 2 heterocycles. The monoisotopic (exact) mass is 251 g/mol. The number of methoxy groups -OCH3 is 1. The number of hydrazine groups is 1. The molecule has 0 spiro atoms. The minimum atomic E-state index is -0.448. The molecule has 1 unspecified atom stereocenters. The summed E-state index contributed by atoms with van der Waals surface area (Å²) in [5, 5.41) is 4.09. The lowest BCUT2D eigenvalue weighted by Gasteiger charge is -2.17. The molecular weight excluding hydrogens is 237 g/mol. The van der Waals surface area contributed by atoms with Gasteiger partial charge in [-0.05, 0) is 11.6 Å². The zero-order chi connectivity index (χ0) is 13.1. The molecule has 2 rings (SSSR count). The Hall–Kier alpha value is -1.99. The highest BCUT2D eigenvalue weighted by Gasteiger charge is 2.22. The zero-order valence-electron chi connectivity index (χ0n) is 10.1. The van der Waals surface area contributed by atoms with Crippen LogP contribution in [0.4, 0.5) is 4.39 Å². The molecule has 0 aromatic carbocycles. The number of nitrogens with zero attached hydrogens (tertiary/aromatic N) is 3. The van der Waals surface area contributed by atoms with Gasteiger partial charge in [-0.25, -0.2) is 9.82 Å². The van der Waals surface area contributed by atoms with Crippen LogP contribution in [0.2, 0.25) is 0 Å². The van der Waals surface area contributed by atoms with Crippen LogP contribution in [0, 0.1) is 5.82 Å². The number of hydrogen-bond acceptors (Lipinski definition) is 5. The second-order valence-electron chi connectivity index (χ2n) is 3.76. The van der Waals surface area contributed by atoms with Crippen LogP contribution in [0.15, 0.2) is 24.7 Å². The highest BCUT2D eigenvalue weighted by Crippen LogP contribution is 2.28. The highest BCUT2D eigenvalue weighted by molar-refractivity contribution is 5.35. The lowest BCUT2D eigenvalue weighted by Crippen LogP contribution is -2.30. The second kappa shape index (κ2) is 5.11. The van der Waals surface area contributed by atoms with Gasteiger partial charge in [0.05, 0.1) is 25.5 Å². The van der Waals surface area contributed by atoms with Gasteiger partial charge in [-0.15, -0.1) is 0 Å². The Labute approximate surface area is 104 Å². The molecular formula is C11H14FN5O. The van der Waals surface area contributed by atoms with Crippen LogP contribution >= 0.6 is 0 Å². The number of nitrogens with two attached hydrogens (primary N) is 1. The van der Waals surface area contributed by atoms with Gasteiger partial charge in [-0.2, -0.15) is 5.10 Å². The van der Waals surface area contributed by atoms with Crippen LogP contribution in [0.3, 0.4) is 0 Å². The molecule has 1 atom stereocenters. The summed E-state index contributed by atoms with van der Waals surface area (Å²) < 4.78 is 20.0. The van der Waals surface area contributed by atoms with Gasteiger partial charge < -0.3 is 4.74 Å². The number of pyridine rings is 1. The summed E-state index contributed by atoms with van der Waals surface area (Å²) in [6.07, 6.45) is 4.25. The number of aromatic nitrogens is 3. The van der Waals surface area contributed by atoms with Crippen molar-refractivity contribution in [3.05, 3.63) is 41.7 Å². The molecule has 0 aliphatic heterocycles. The maximum Gasteiger partial charge on any atom is 0.161 e. The summed E-state index contributed by atoms with van der Waals surface area (Å²) in [4.78, 5) is 3.81. The van der Waals surface area contributed by atoms with E-state index in [0.717, 1.165) is 6.20 Å². The first kappa shape index (κ1) is 12.5. The number of rotatable bonds is 4. The van der Waals surface area contributed by atoms with Gasteiger partial charge in [0.15, 0.2) is 5.75 Å². The fraction of sp³-hybridized carbons (Fsp3) is 0.273. The minimum absolute atomic E-state index is 0.422. The number of ether oxygens (including phenoxy) is 1. The fourth-order valence-corrected chi connectivity index (χ4v) is 1.83. The molecule has 18 heavy (non-hydrogen) atoms. The van der Waals surface area contributed by atoms with Crippen molar-refractivity contribution in [2.24, 2.45) is 12.9 Å². The van der Waals surface area contributed by atoms with Crippen LogP contribution in [-0.4, -0.2) is 21.9 Å². The molecule has 0 radical (unpaired) electrons. The number of aryl methyl sites for hydroxylation is 1. The SMILES string of the molecule is COc1cnn(C)c1C(NN)c1cncc(F)c1. The molecule has 3 N–H and O–H groups in total. The third-order valence-corrected chi connectivity index (χ3v) is 2.67. The van der Waals surface area contributed by atoms with Crippen molar-refractivity contribution in [2.75, 3.05) is 7.11 Å². The van der Waals surface area contributed by atoms with E-state index in [-0.39, 0.29) is 0 Å². The molecule has 0 saturated carbocycles. The fourth-order valence-electron chi connectivity index (χ4n) is 1.83. The third kappa shape index (κ3) is 2.18. The zero-order valence-corrected chi connectivity index (χ0v) is 10.1. The van der Waals surface area contributed by atoms with Crippen molar-refractivity contribution in [1.82, 2.24) is 20.2 Å². The molecule has 6 nitrogen and oxygen atoms in total. The quantitative estimate of drug-likeness (QED) is 0.611. The number of halogens is 1. The molecule has 2 aromatic rings. The molecule has 0 fully saturated rings. The van der Waals surface area contributed by atoms with E-state index in [1.54, 1.807) is 24.1 Å². The Balaban J connectivity index is 2.48. The highest BCUT2D eigenvalue weighted by atomic mass is 19.1. The smallest absolute Gasteiger partial charge is 0.161 e. The second-order valence-corrected chi connectivity index (χ2v) is 3.76. The van der Waals surface area contributed by atoms with Gasteiger partial charge in [0.25, 0.3) is 0 Å². The largest absolute Gasteiger partial charge is 0.493 e. The average molecular weight is 251 g/mol. The molecule has 0 amide bonds. The van der Waals surface area contributed by atoms with E-state index in [9.17, 15) is 4.39 Å². The average Bonchev–Trinajstić information content (AvgIpc) is 2.72. The lowest BCUT2D eigenvalue weighted by molar-refractivity contribution is 0.401. The van der Waals surface area contributed by atoms with Crippen LogP contribution in [0.5, 0.6) is 5.75 Å². The van der Waals surface area contributed by atoms with Crippen molar-refractivity contribution < 1.29 is 9.13 Å². The predicted molar refractivity (Wildman–Crippen MR) is 63.1 cm³/mol. The Morgan fingerprint density at radius 2 is 2.22 bits per heavy atom. The summed E-state index contributed by atoms with van der Waals surface area (Å²) in [5.41, 5.74) is 3.91. The van der Waals surface area contributed by atoms with Crippen molar-refractivity contribution >= 4 is 0 Å². The van der Waals surface area contributed by atoms with Gasteiger partial charge >= 0.3 is 0 Å². The molecule has 0 aliphatic rings. The van der Waals surface area contributed by atoms with E-state index >= 15 is 0 Å². The van der Waals surface area contributed by atoms with Gasteiger partial charge in [0.1, 0.15) is 11.5 Å². The van der Waals surface area contributed by atoms with Crippen molar-refractivity contribution in [1.29, 1.82) is 0 Å². The molecule has 96 valence electrons. The van der Waals surface area contributed by atoms with Crippen molar-refractivity contribution in [3.63, 3.8) is 0 Å². The van der Waals surface area contributed by atoms with Crippen molar-refractivity contribution in [3.8, 4) is 5.75 Å². The maximum absolute atomic E-state index is 13.2. The first-order valence-corrected chi connectivity index (χ1v) is 5.29. The Kier molecular flexibility index (Phi) is 3.54. The van der Waals surface area contributed by atoms with E-state index in [1.807, 2.05) is 0 Å². The van der Waals surface area contributed by atoms with Crippen molar-refractivity contribution in [2.45, 2.75) is 6.04 Å². The van der Waals surface area contributed by atoms with Gasteiger partial charge in [0, 0.05) is 13.2 Å². The molecule has 0 bridgehead atoms. The molecule has 7 heteroatoms. The van der Waals surface area contributed by atoms with Gasteiger partial charge in [-0.1, -0.05) is 0 Å². The normalized spacial score (nSPS) is 12.4. The van der Waals surface area contributed by atoms with Crippen LogP contribution in [0.25, 0.3) is 0 Å². The minimum Gasteiger partial charge on any atom is -0.493 e. The topological polar surface area (TPSA) is 78.0 Å². The van der Waals surface area contributed by atoms with Crippen LogP contribution < -0.4 is 16.0 Å². The van der Waals surface area contributed by atoms with Gasteiger partial charge in [-0.3, -0.25) is 15.5 Å². The van der Waals surface area contributed by atoms with Gasteiger partial charge in [0.2, 0.25) is 0 Å². The molecule has 0 saturated heterocycles. The lowest BCUT2D eigenvalue weighted by atomic mass is 10.1. The summed E-state index contributed by atoms with van der Waals surface area (Å²) in [6.45, 7) is 0. The summed E-state index contributed by atoms with van der Waals surface area (Å²) in [6, 6.07) is 0.917. The van der Waals surface area contributed by atoms with E-state index in [0.29, 0.717) is 17.0 Å². The van der Waals surface area contributed by atoms with Crippen LogP contribution in [0.1, 0.15) is 17.3 Å². The Morgan fingerprint density at radius 1 is 1.44 bits per heavy atom. The standard InChI is InChI=1S/C11H14FN5O/c1-17-11(9(18-2)6-15-17)10(16-13)7-3-8(12)5-14-4-7/h3-6,10,16H,13H2,1-2H3. The summed E-state index contributed by atoms with van der Waals surface area (Å²) in [7, 11) is 3.30. The van der Waals surface area contributed by atoms with E-state index < -0.39 is 11.9 Å². The first-order valence-electron chi connectivity index (χ1n) is 5.29. The summed E-state index contributed by atoms with van der Waals surface area (Å²) in [5.74, 6) is 5.69. The van der Waals surface area contributed by atoms with Crippen LogP contribution in [-0.2, 0) is 7.05 Å². The predicted octanol–water partition coefficient (Wildman–Crippen LogP) is 0.516. The summed E-state index contributed by atoms with van der Waals surface area (Å²) >= 11 is 0. The maximum atomic E-state index is 13.2. The third-order valence-electron chi connectivity index (χ3n) is 2.67. The number of hydrogen-bond donors (Lipinski definition) is 2. The van der Waals surface area contributed by atoms with E-state index in [2.05, 4.69) is 15.5 Å². The number of nitrogens with one attached hydrogen (secondary N) is 1. The van der Waals surface area contributed by atoms with E-state index in [4.69, 9.17) is 10.6 Å². The Bertz CT molecular complexity index is 542. The molecule has 2 aromatic heterocycles.